The highest BCUT2D eigenvalue weighted by Crippen LogP contribution is 2.25. The number of likely N-dealkylation sites (N-methyl/N-ethyl adjacent to an activating group) is 1. The molecule has 2 heterocycles. The number of halogens is 1. The lowest BCUT2D eigenvalue weighted by Gasteiger charge is -2.21. The predicted octanol–water partition coefficient (Wildman–Crippen LogP) is 2.67. The van der Waals surface area contributed by atoms with Gasteiger partial charge in [0, 0.05) is 31.2 Å². The normalized spacial score (nSPS) is 17.0. The predicted molar refractivity (Wildman–Crippen MR) is 84.8 cm³/mol. The third-order valence-electron chi connectivity index (χ3n) is 3.95. The Morgan fingerprint density at radius 2 is 2.05 bits per heavy atom. The number of aromatic nitrogens is 1. The Morgan fingerprint density at radius 3 is 2.90 bits per heavy atom. The minimum Gasteiger partial charge on any atom is -0.337 e. The van der Waals surface area contributed by atoms with Gasteiger partial charge in [-0.05, 0) is 44.3 Å². The van der Waals surface area contributed by atoms with Crippen molar-refractivity contribution in [2.45, 2.75) is 6.42 Å². The Morgan fingerprint density at radius 1 is 1.19 bits per heavy atom. The molecule has 1 aromatic carbocycles. The average molecular weight is 304 g/mol. The first-order valence-corrected chi connectivity index (χ1v) is 7.55. The van der Waals surface area contributed by atoms with Crippen LogP contribution in [0.5, 0.6) is 0 Å². The van der Waals surface area contributed by atoms with E-state index in [9.17, 15) is 4.79 Å². The molecular weight excluding hydrogens is 286 g/mol. The number of carbonyl (C=O) groups excluding carboxylic acids is 1. The van der Waals surface area contributed by atoms with Crippen molar-refractivity contribution < 1.29 is 4.79 Å². The van der Waals surface area contributed by atoms with Gasteiger partial charge in [-0.2, -0.15) is 0 Å². The largest absolute Gasteiger partial charge is 0.337 e. The van der Waals surface area contributed by atoms with Gasteiger partial charge in [-0.1, -0.05) is 11.6 Å². The first-order valence-electron chi connectivity index (χ1n) is 7.18. The van der Waals surface area contributed by atoms with Crippen molar-refractivity contribution in [3.8, 4) is 0 Å². The molecule has 0 saturated carbocycles. The van der Waals surface area contributed by atoms with Gasteiger partial charge in [0.2, 0.25) is 0 Å². The maximum atomic E-state index is 12.8. The van der Waals surface area contributed by atoms with Gasteiger partial charge in [0.15, 0.2) is 0 Å². The Balaban J connectivity index is 1.96. The summed E-state index contributed by atoms with van der Waals surface area (Å²) in [5.41, 5.74) is 1.33. The van der Waals surface area contributed by atoms with E-state index in [0.717, 1.165) is 38.0 Å². The smallest absolute Gasteiger partial charge is 0.256 e. The lowest BCUT2D eigenvalue weighted by molar-refractivity contribution is 0.0764. The molecule has 4 nitrogen and oxygen atoms in total. The van der Waals surface area contributed by atoms with Crippen molar-refractivity contribution in [3.63, 3.8) is 0 Å². The fourth-order valence-corrected chi connectivity index (χ4v) is 2.95. The van der Waals surface area contributed by atoms with Crippen molar-refractivity contribution in [2.75, 3.05) is 33.2 Å². The van der Waals surface area contributed by atoms with E-state index in [1.54, 1.807) is 18.3 Å². The van der Waals surface area contributed by atoms with Crippen LogP contribution < -0.4 is 0 Å². The van der Waals surface area contributed by atoms with E-state index in [1.807, 2.05) is 17.0 Å². The Bertz CT molecular complexity index is 674. The van der Waals surface area contributed by atoms with Gasteiger partial charge in [-0.15, -0.1) is 0 Å². The summed E-state index contributed by atoms with van der Waals surface area (Å²) in [6, 6.07) is 7.30. The van der Waals surface area contributed by atoms with Crippen LogP contribution in [0.1, 0.15) is 16.8 Å². The monoisotopic (exact) mass is 303 g/mol. The van der Waals surface area contributed by atoms with Crippen molar-refractivity contribution in [2.24, 2.45) is 0 Å². The van der Waals surface area contributed by atoms with Crippen LogP contribution in [0.4, 0.5) is 0 Å². The first-order chi connectivity index (χ1) is 10.2. The van der Waals surface area contributed by atoms with Crippen LogP contribution in [-0.2, 0) is 0 Å². The van der Waals surface area contributed by atoms with Gasteiger partial charge in [-0.25, -0.2) is 0 Å². The first kappa shape index (κ1) is 14.3. The van der Waals surface area contributed by atoms with Gasteiger partial charge in [-0.3, -0.25) is 9.78 Å². The Hall–Kier alpha value is -1.65. The fourth-order valence-electron chi connectivity index (χ4n) is 2.73. The van der Waals surface area contributed by atoms with Crippen LogP contribution in [0.25, 0.3) is 10.9 Å². The van der Waals surface area contributed by atoms with Gasteiger partial charge in [0.25, 0.3) is 5.91 Å². The summed E-state index contributed by atoms with van der Waals surface area (Å²) in [5, 5.41) is 1.46. The van der Waals surface area contributed by atoms with E-state index in [2.05, 4.69) is 16.9 Å². The number of hydrogen-bond acceptors (Lipinski definition) is 3. The SMILES string of the molecule is CN1CCCN(C(=O)c2ccc(Cl)c3cccnc23)CC1. The van der Waals surface area contributed by atoms with E-state index in [1.165, 1.54) is 0 Å². The van der Waals surface area contributed by atoms with Crippen LogP contribution in [0.15, 0.2) is 30.5 Å². The second-order valence-electron chi connectivity index (χ2n) is 5.44. The van der Waals surface area contributed by atoms with E-state index in [0.29, 0.717) is 16.1 Å². The van der Waals surface area contributed by atoms with E-state index in [4.69, 9.17) is 11.6 Å². The highest BCUT2D eigenvalue weighted by molar-refractivity contribution is 6.36. The van der Waals surface area contributed by atoms with Gasteiger partial charge in [0.05, 0.1) is 16.1 Å². The van der Waals surface area contributed by atoms with Gasteiger partial charge < -0.3 is 9.80 Å². The van der Waals surface area contributed by atoms with Gasteiger partial charge >= 0.3 is 0 Å². The van der Waals surface area contributed by atoms with Crippen LogP contribution in [-0.4, -0.2) is 53.9 Å². The number of benzene rings is 1. The molecule has 1 saturated heterocycles. The molecule has 3 rings (SSSR count). The number of hydrogen-bond donors (Lipinski definition) is 0. The third-order valence-corrected chi connectivity index (χ3v) is 4.28. The molecule has 0 atom stereocenters. The molecule has 0 radical (unpaired) electrons. The summed E-state index contributed by atoms with van der Waals surface area (Å²) >= 11 is 6.19. The number of pyridine rings is 1. The molecule has 1 aliphatic rings. The topological polar surface area (TPSA) is 36.4 Å². The second kappa shape index (κ2) is 6.00. The second-order valence-corrected chi connectivity index (χ2v) is 5.85. The van der Waals surface area contributed by atoms with Crippen molar-refractivity contribution >= 4 is 28.4 Å². The number of fused-ring (bicyclic) bond motifs is 1. The molecule has 110 valence electrons. The molecule has 0 unspecified atom stereocenters. The molecule has 5 heteroatoms. The van der Waals surface area contributed by atoms with E-state index < -0.39 is 0 Å². The highest BCUT2D eigenvalue weighted by atomic mass is 35.5. The Labute approximate surface area is 129 Å². The van der Waals surface area contributed by atoms with Gasteiger partial charge in [0.1, 0.15) is 0 Å². The molecule has 0 spiro atoms. The minimum atomic E-state index is 0.0469. The van der Waals surface area contributed by atoms with Crippen LogP contribution >= 0.6 is 11.6 Å². The van der Waals surface area contributed by atoms with Crippen LogP contribution in [0, 0.1) is 0 Å². The number of rotatable bonds is 1. The summed E-state index contributed by atoms with van der Waals surface area (Å²) in [4.78, 5) is 21.3. The van der Waals surface area contributed by atoms with Crippen LogP contribution in [0.3, 0.4) is 0 Å². The summed E-state index contributed by atoms with van der Waals surface area (Å²) in [5.74, 6) is 0.0469. The summed E-state index contributed by atoms with van der Waals surface area (Å²) in [6.07, 6.45) is 2.70. The van der Waals surface area contributed by atoms with E-state index in [-0.39, 0.29) is 5.91 Å². The number of amides is 1. The summed E-state index contributed by atoms with van der Waals surface area (Å²) in [6.45, 7) is 3.49. The molecule has 0 aliphatic carbocycles. The lowest BCUT2D eigenvalue weighted by atomic mass is 10.1. The van der Waals surface area contributed by atoms with Crippen molar-refractivity contribution in [1.29, 1.82) is 0 Å². The fraction of sp³-hybridized carbons (Fsp3) is 0.375. The summed E-state index contributed by atoms with van der Waals surface area (Å²) in [7, 11) is 2.09. The number of carbonyl (C=O) groups is 1. The average Bonchev–Trinajstić information content (AvgIpc) is 2.72. The molecule has 2 aromatic rings. The zero-order chi connectivity index (χ0) is 14.8. The maximum Gasteiger partial charge on any atom is 0.256 e. The number of nitrogens with zero attached hydrogens (tertiary/aromatic N) is 3. The quantitative estimate of drug-likeness (QED) is 0.812. The molecule has 1 aromatic heterocycles. The molecule has 1 aliphatic heterocycles. The van der Waals surface area contributed by atoms with E-state index >= 15 is 0 Å². The van der Waals surface area contributed by atoms with Crippen molar-refractivity contribution in [3.05, 3.63) is 41.0 Å². The molecule has 0 N–H and O–H groups in total. The zero-order valence-electron chi connectivity index (χ0n) is 12.1. The maximum absolute atomic E-state index is 12.8. The lowest BCUT2D eigenvalue weighted by Crippen LogP contribution is -2.34. The standard InChI is InChI=1S/C16H18ClN3O/c1-19-8-3-9-20(11-10-19)16(21)13-5-6-14(17)12-4-2-7-18-15(12)13/h2,4-7H,3,8-11H2,1H3. The highest BCUT2D eigenvalue weighted by Gasteiger charge is 2.21. The molecule has 1 amide bonds. The zero-order valence-corrected chi connectivity index (χ0v) is 12.8. The molecule has 0 bridgehead atoms. The molecule has 1 fully saturated rings. The third kappa shape index (κ3) is 2.87. The van der Waals surface area contributed by atoms with Crippen molar-refractivity contribution in [1.82, 2.24) is 14.8 Å². The van der Waals surface area contributed by atoms with Crippen LogP contribution in [0.2, 0.25) is 5.02 Å². The molecular formula is C16H18ClN3O. The minimum absolute atomic E-state index is 0.0469. The Kier molecular flexibility index (Phi) is 4.08. The molecule has 21 heavy (non-hydrogen) atoms. The summed E-state index contributed by atoms with van der Waals surface area (Å²) < 4.78 is 0.